The van der Waals surface area contributed by atoms with E-state index in [2.05, 4.69) is 5.32 Å². The van der Waals surface area contributed by atoms with Gasteiger partial charge in [-0.05, 0) is 26.2 Å². The smallest absolute Gasteiger partial charge is 0.271 e. The van der Waals surface area contributed by atoms with E-state index in [0.29, 0.717) is 24.4 Å². The third kappa shape index (κ3) is 3.05. The van der Waals surface area contributed by atoms with Crippen LogP contribution in [0.4, 0.5) is 0 Å². The van der Waals surface area contributed by atoms with Crippen molar-refractivity contribution < 1.29 is 14.0 Å². The quantitative estimate of drug-likeness (QED) is 0.834. The van der Waals surface area contributed by atoms with Gasteiger partial charge in [0.25, 0.3) is 5.91 Å². The first-order valence-corrected chi connectivity index (χ1v) is 10.2. The second kappa shape index (κ2) is 7.06. The molecule has 1 N–H and O–H groups in total. The maximum atomic E-state index is 13.4. The third-order valence-electron chi connectivity index (χ3n) is 6.18. The van der Waals surface area contributed by atoms with Gasteiger partial charge >= 0.3 is 0 Å². The molecule has 1 fully saturated rings. The Morgan fingerprint density at radius 3 is 2.74 bits per heavy atom. The Morgan fingerprint density at radius 1 is 1.30 bits per heavy atom. The van der Waals surface area contributed by atoms with Crippen molar-refractivity contribution in [1.29, 1.82) is 0 Å². The minimum Gasteiger partial charge on any atom is -0.463 e. The molecule has 2 amide bonds. The minimum absolute atomic E-state index is 0.0350. The molecule has 0 aromatic carbocycles. The number of nitrogens with zero attached hydrogens (tertiary/aromatic N) is 2. The number of carbonyl (C=O) groups is 2. The zero-order valence-corrected chi connectivity index (χ0v) is 16.3. The van der Waals surface area contributed by atoms with Crippen molar-refractivity contribution in [3.63, 3.8) is 0 Å². The van der Waals surface area contributed by atoms with Gasteiger partial charge < -0.3 is 19.2 Å². The van der Waals surface area contributed by atoms with Crippen LogP contribution in [0.15, 0.2) is 22.8 Å². The highest BCUT2D eigenvalue weighted by Gasteiger charge is 2.47. The Morgan fingerprint density at radius 2 is 2.04 bits per heavy atom. The monoisotopic (exact) mass is 371 g/mol. The van der Waals surface area contributed by atoms with Crippen LogP contribution in [0.1, 0.15) is 69.3 Å². The average Bonchev–Trinajstić information content (AvgIpc) is 3.13. The van der Waals surface area contributed by atoms with E-state index >= 15 is 0 Å². The predicted octanol–water partition coefficient (Wildman–Crippen LogP) is 3.70. The lowest BCUT2D eigenvalue weighted by molar-refractivity contribution is -0.133. The average molecular weight is 371 g/mol. The number of fused-ring (bicyclic) bond motifs is 3. The van der Waals surface area contributed by atoms with Crippen LogP contribution in [0, 0.1) is 0 Å². The summed E-state index contributed by atoms with van der Waals surface area (Å²) >= 11 is 0. The van der Waals surface area contributed by atoms with Crippen molar-refractivity contribution in [2.75, 3.05) is 6.54 Å². The van der Waals surface area contributed by atoms with E-state index in [-0.39, 0.29) is 17.9 Å². The van der Waals surface area contributed by atoms with E-state index in [1.165, 1.54) is 12.8 Å². The molecule has 6 heteroatoms. The Balaban J connectivity index is 1.66. The van der Waals surface area contributed by atoms with Gasteiger partial charge in [-0.2, -0.15) is 0 Å². The van der Waals surface area contributed by atoms with Crippen molar-refractivity contribution in [1.82, 2.24) is 14.8 Å². The molecular formula is C21H29N3O3. The second-order valence-corrected chi connectivity index (χ2v) is 8.18. The van der Waals surface area contributed by atoms with Gasteiger partial charge in [0, 0.05) is 24.7 Å². The summed E-state index contributed by atoms with van der Waals surface area (Å²) in [5.41, 5.74) is 1.29. The summed E-state index contributed by atoms with van der Waals surface area (Å²) in [4.78, 5) is 28.4. The molecule has 0 saturated heterocycles. The molecule has 6 nitrogen and oxygen atoms in total. The topological polar surface area (TPSA) is 67.5 Å². The van der Waals surface area contributed by atoms with Crippen molar-refractivity contribution in [2.45, 2.75) is 76.9 Å². The van der Waals surface area contributed by atoms with E-state index in [1.54, 1.807) is 17.2 Å². The van der Waals surface area contributed by atoms with Crippen molar-refractivity contribution in [2.24, 2.45) is 0 Å². The summed E-state index contributed by atoms with van der Waals surface area (Å²) in [5, 5.41) is 3.27. The highest BCUT2D eigenvalue weighted by molar-refractivity contribution is 6.02. The molecule has 146 valence electrons. The number of furan rings is 1. The number of aromatic nitrogens is 1. The molecule has 2 aromatic rings. The largest absolute Gasteiger partial charge is 0.463 e. The first-order chi connectivity index (χ1) is 13.0. The number of hydrogen-bond donors (Lipinski definition) is 1. The highest BCUT2D eigenvalue weighted by Crippen LogP contribution is 2.33. The molecule has 0 radical (unpaired) electrons. The molecular weight excluding hydrogens is 342 g/mol. The van der Waals surface area contributed by atoms with E-state index in [4.69, 9.17) is 4.42 Å². The molecule has 27 heavy (non-hydrogen) atoms. The first kappa shape index (κ1) is 18.1. The summed E-state index contributed by atoms with van der Waals surface area (Å²) in [6.07, 6.45) is 9.32. The van der Waals surface area contributed by atoms with Gasteiger partial charge in [-0.1, -0.05) is 32.6 Å². The van der Waals surface area contributed by atoms with Crippen LogP contribution in [0.3, 0.4) is 0 Å². The second-order valence-electron chi connectivity index (χ2n) is 8.18. The Kier molecular flexibility index (Phi) is 4.74. The number of nitrogens with one attached hydrogen (secondary N) is 1. The lowest BCUT2D eigenvalue weighted by atomic mass is 9.93. The standard InChI is InChI=1S/C21H29N3O3/c1-3-11-24-19(25)17-13-18-16(10-12-27-18)23(17)14-21(24,2)20(26)22-15-8-6-4-5-7-9-15/h10,12-13,15H,3-9,11,14H2,1-2H3,(H,22,26)/t21-/m0/s1. The molecule has 0 bridgehead atoms. The molecule has 0 unspecified atom stereocenters. The van der Waals surface area contributed by atoms with E-state index < -0.39 is 5.54 Å². The number of rotatable bonds is 4. The van der Waals surface area contributed by atoms with Gasteiger partial charge in [0.15, 0.2) is 5.58 Å². The molecule has 1 atom stereocenters. The molecule has 1 aliphatic carbocycles. The normalized spacial score (nSPS) is 24.1. The zero-order chi connectivity index (χ0) is 19.0. The molecule has 0 spiro atoms. The van der Waals surface area contributed by atoms with Gasteiger partial charge in [0.1, 0.15) is 11.2 Å². The van der Waals surface area contributed by atoms with Crippen LogP contribution in [0.25, 0.3) is 11.1 Å². The fourth-order valence-corrected chi connectivity index (χ4v) is 4.61. The van der Waals surface area contributed by atoms with Crippen molar-refractivity contribution >= 4 is 22.9 Å². The van der Waals surface area contributed by atoms with E-state index in [9.17, 15) is 9.59 Å². The highest BCUT2D eigenvalue weighted by atomic mass is 16.3. The summed E-state index contributed by atoms with van der Waals surface area (Å²) < 4.78 is 7.43. The van der Waals surface area contributed by atoms with Crippen LogP contribution in [-0.4, -0.2) is 39.4 Å². The molecule has 1 saturated carbocycles. The molecule has 1 aliphatic heterocycles. The van der Waals surface area contributed by atoms with Gasteiger partial charge in [0.2, 0.25) is 5.91 Å². The fourth-order valence-electron chi connectivity index (χ4n) is 4.61. The Bertz CT molecular complexity index is 844. The fraction of sp³-hybridized carbons (Fsp3) is 0.619. The lowest BCUT2D eigenvalue weighted by Crippen LogP contribution is -2.65. The maximum Gasteiger partial charge on any atom is 0.271 e. The molecule has 2 aromatic heterocycles. The van der Waals surface area contributed by atoms with Crippen LogP contribution in [0.5, 0.6) is 0 Å². The van der Waals surface area contributed by atoms with Crippen LogP contribution < -0.4 is 5.32 Å². The van der Waals surface area contributed by atoms with Gasteiger partial charge in [-0.25, -0.2) is 0 Å². The van der Waals surface area contributed by atoms with Gasteiger partial charge in [0.05, 0.1) is 18.3 Å². The first-order valence-electron chi connectivity index (χ1n) is 10.2. The number of carbonyl (C=O) groups excluding carboxylic acids is 2. The van der Waals surface area contributed by atoms with Crippen LogP contribution in [-0.2, 0) is 11.3 Å². The molecule has 4 rings (SSSR count). The summed E-state index contributed by atoms with van der Waals surface area (Å²) in [6.45, 7) is 4.97. The van der Waals surface area contributed by atoms with Crippen LogP contribution >= 0.6 is 0 Å². The van der Waals surface area contributed by atoms with Crippen molar-refractivity contribution in [3.8, 4) is 0 Å². The maximum absolute atomic E-state index is 13.4. The Labute approximate surface area is 159 Å². The minimum atomic E-state index is -0.893. The van der Waals surface area contributed by atoms with Crippen molar-refractivity contribution in [3.05, 3.63) is 24.1 Å². The van der Waals surface area contributed by atoms with Crippen LogP contribution in [0.2, 0.25) is 0 Å². The SMILES string of the molecule is CCCN1C(=O)c2cc3occc3n2C[C@@]1(C)C(=O)NC1CCCCCC1. The number of amides is 2. The zero-order valence-electron chi connectivity index (χ0n) is 16.3. The Hall–Kier alpha value is -2.24. The molecule has 2 aliphatic rings. The lowest BCUT2D eigenvalue weighted by Gasteiger charge is -2.44. The summed E-state index contributed by atoms with van der Waals surface area (Å²) in [5.74, 6) is -0.125. The van der Waals surface area contributed by atoms with E-state index in [0.717, 1.165) is 37.6 Å². The van der Waals surface area contributed by atoms with E-state index in [1.807, 2.05) is 24.5 Å². The molecule has 3 heterocycles. The predicted molar refractivity (Wildman–Crippen MR) is 104 cm³/mol. The number of hydrogen-bond acceptors (Lipinski definition) is 3. The summed E-state index contributed by atoms with van der Waals surface area (Å²) in [7, 11) is 0. The third-order valence-corrected chi connectivity index (χ3v) is 6.18. The van der Waals surface area contributed by atoms with Gasteiger partial charge in [-0.3, -0.25) is 9.59 Å². The summed E-state index contributed by atoms with van der Waals surface area (Å²) in [6, 6.07) is 3.88. The van der Waals surface area contributed by atoms with Gasteiger partial charge in [-0.15, -0.1) is 0 Å².